The molecular weight excluding hydrogens is 234 g/mol. The van der Waals surface area contributed by atoms with E-state index in [0.717, 1.165) is 13.0 Å². The maximum atomic E-state index is 6.27. The Labute approximate surface area is 117 Å². The van der Waals surface area contributed by atoms with Crippen molar-refractivity contribution in [2.75, 3.05) is 33.7 Å². The molecule has 0 spiro atoms. The maximum Gasteiger partial charge on any atom is 0.0307 e. The highest BCUT2D eigenvalue weighted by Crippen LogP contribution is 2.17. The zero-order valence-corrected chi connectivity index (χ0v) is 12.3. The fourth-order valence-corrected chi connectivity index (χ4v) is 2.84. The first-order chi connectivity index (χ1) is 9.16. The first kappa shape index (κ1) is 14.5. The lowest BCUT2D eigenvalue weighted by Crippen LogP contribution is -2.45. The minimum atomic E-state index is 0.168. The van der Waals surface area contributed by atoms with E-state index in [9.17, 15) is 0 Å². The molecule has 3 nitrogen and oxygen atoms in total. The number of piperidine rings is 1. The Morgan fingerprint density at radius 1 is 1.32 bits per heavy atom. The van der Waals surface area contributed by atoms with E-state index in [0.29, 0.717) is 6.04 Å². The van der Waals surface area contributed by atoms with Crippen LogP contribution in [0.25, 0.3) is 0 Å². The number of benzene rings is 1. The number of hydrogen-bond acceptors (Lipinski definition) is 3. The average Bonchev–Trinajstić information content (AvgIpc) is 2.46. The van der Waals surface area contributed by atoms with Crippen LogP contribution >= 0.6 is 0 Å². The van der Waals surface area contributed by atoms with Gasteiger partial charge in [-0.3, -0.25) is 0 Å². The quantitative estimate of drug-likeness (QED) is 0.881. The molecule has 1 fully saturated rings. The van der Waals surface area contributed by atoms with Crippen LogP contribution in [0.2, 0.25) is 0 Å². The second-order valence-corrected chi connectivity index (χ2v) is 5.87. The summed E-state index contributed by atoms with van der Waals surface area (Å²) in [7, 11) is 4.37. The number of likely N-dealkylation sites (N-methyl/N-ethyl adjacent to an activating group) is 1. The van der Waals surface area contributed by atoms with Crippen LogP contribution in [-0.2, 0) is 0 Å². The highest BCUT2D eigenvalue weighted by atomic mass is 15.2. The molecule has 3 heteroatoms. The van der Waals surface area contributed by atoms with Crippen LogP contribution in [0.3, 0.4) is 0 Å². The molecule has 0 aliphatic carbocycles. The summed E-state index contributed by atoms with van der Waals surface area (Å²) in [6.45, 7) is 3.53. The number of hydrogen-bond donors (Lipinski definition) is 1. The van der Waals surface area contributed by atoms with Gasteiger partial charge in [-0.15, -0.1) is 0 Å². The molecule has 1 aliphatic rings. The molecule has 106 valence electrons. The van der Waals surface area contributed by atoms with Gasteiger partial charge in [0.25, 0.3) is 0 Å². The molecule has 2 atom stereocenters. The van der Waals surface area contributed by atoms with Gasteiger partial charge in [0.15, 0.2) is 0 Å². The predicted octanol–water partition coefficient (Wildman–Crippen LogP) is 2.10. The minimum Gasteiger partial charge on any atom is -0.324 e. The lowest BCUT2D eigenvalue weighted by molar-refractivity contribution is 0.130. The Balaban J connectivity index is 1.79. The van der Waals surface area contributed by atoms with E-state index in [1.807, 2.05) is 6.07 Å². The third-order valence-electron chi connectivity index (χ3n) is 4.19. The number of nitrogens with zero attached hydrogens (tertiary/aromatic N) is 2. The highest BCUT2D eigenvalue weighted by Gasteiger charge is 2.21. The maximum absolute atomic E-state index is 6.27. The molecule has 2 N–H and O–H groups in total. The van der Waals surface area contributed by atoms with Crippen molar-refractivity contribution >= 4 is 0 Å². The highest BCUT2D eigenvalue weighted by molar-refractivity contribution is 5.18. The number of rotatable bonds is 5. The Kier molecular flexibility index (Phi) is 5.37. The van der Waals surface area contributed by atoms with Crippen LogP contribution in [0.1, 0.15) is 30.9 Å². The molecule has 2 rings (SSSR count). The lowest BCUT2D eigenvalue weighted by atomic mass is 10.0. The molecule has 1 aliphatic heterocycles. The Bertz CT molecular complexity index is 364. The monoisotopic (exact) mass is 261 g/mol. The largest absolute Gasteiger partial charge is 0.324 e. The van der Waals surface area contributed by atoms with Crippen molar-refractivity contribution in [2.45, 2.75) is 31.3 Å². The van der Waals surface area contributed by atoms with Gasteiger partial charge >= 0.3 is 0 Å². The van der Waals surface area contributed by atoms with Crippen LogP contribution in [0.15, 0.2) is 30.3 Å². The van der Waals surface area contributed by atoms with E-state index in [2.05, 4.69) is 48.2 Å². The number of likely N-dealkylation sites (tertiary alicyclic amines) is 1. The van der Waals surface area contributed by atoms with E-state index in [1.165, 1.54) is 31.5 Å². The van der Waals surface area contributed by atoms with Crippen molar-refractivity contribution in [3.8, 4) is 0 Å². The van der Waals surface area contributed by atoms with Crippen molar-refractivity contribution in [3.05, 3.63) is 35.9 Å². The molecule has 0 aromatic heterocycles. The third-order valence-corrected chi connectivity index (χ3v) is 4.19. The Hall–Kier alpha value is -0.900. The van der Waals surface area contributed by atoms with Gasteiger partial charge in [0.1, 0.15) is 0 Å². The molecule has 1 saturated heterocycles. The molecule has 0 amide bonds. The van der Waals surface area contributed by atoms with E-state index in [-0.39, 0.29) is 6.04 Å². The molecule has 1 aromatic rings. The molecule has 19 heavy (non-hydrogen) atoms. The molecule has 0 bridgehead atoms. The van der Waals surface area contributed by atoms with Crippen molar-refractivity contribution in [1.82, 2.24) is 9.80 Å². The predicted molar refractivity (Wildman–Crippen MR) is 81.1 cm³/mol. The van der Waals surface area contributed by atoms with E-state index < -0.39 is 0 Å². The molecule has 0 radical (unpaired) electrons. The fraction of sp³-hybridized carbons (Fsp3) is 0.625. The summed E-state index contributed by atoms with van der Waals surface area (Å²) >= 11 is 0. The SMILES string of the molecule is CN(C)C1CCCN(CCC(N)c2ccccc2)C1. The summed E-state index contributed by atoms with van der Waals surface area (Å²) in [4.78, 5) is 4.92. The van der Waals surface area contributed by atoms with E-state index in [1.54, 1.807) is 0 Å². The first-order valence-electron chi connectivity index (χ1n) is 7.36. The normalized spacial score (nSPS) is 22.6. The Morgan fingerprint density at radius 3 is 2.74 bits per heavy atom. The zero-order valence-electron chi connectivity index (χ0n) is 12.3. The van der Waals surface area contributed by atoms with Gasteiger partial charge < -0.3 is 15.5 Å². The van der Waals surface area contributed by atoms with Crippen LogP contribution in [0.4, 0.5) is 0 Å². The van der Waals surface area contributed by atoms with Crippen molar-refractivity contribution in [1.29, 1.82) is 0 Å². The Morgan fingerprint density at radius 2 is 2.05 bits per heavy atom. The average molecular weight is 261 g/mol. The summed E-state index contributed by atoms with van der Waals surface area (Å²) in [6, 6.07) is 11.3. The first-order valence-corrected chi connectivity index (χ1v) is 7.36. The molecule has 2 unspecified atom stereocenters. The fourth-order valence-electron chi connectivity index (χ4n) is 2.84. The van der Waals surface area contributed by atoms with Crippen molar-refractivity contribution < 1.29 is 0 Å². The minimum absolute atomic E-state index is 0.168. The summed E-state index contributed by atoms with van der Waals surface area (Å²) in [6.07, 6.45) is 3.68. The van der Waals surface area contributed by atoms with Crippen LogP contribution in [0.5, 0.6) is 0 Å². The van der Waals surface area contributed by atoms with Gasteiger partial charge in [-0.1, -0.05) is 30.3 Å². The summed E-state index contributed by atoms with van der Waals surface area (Å²) in [5, 5.41) is 0. The van der Waals surface area contributed by atoms with Gasteiger partial charge in [0, 0.05) is 18.6 Å². The molecule has 0 saturated carbocycles. The van der Waals surface area contributed by atoms with Crippen LogP contribution in [0, 0.1) is 0 Å². The van der Waals surface area contributed by atoms with Crippen molar-refractivity contribution in [3.63, 3.8) is 0 Å². The topological polar surface area (TPSA) is 32.5 Å². The van der Waals surface area contributed by atoms with Gasteiger partial charge in [-0.25, -0.2) is 0 Å². The standard InChI is InChI=1S/C16H27N3/c1-18(2)15-9-6-11-19(13-15)12-10-16(17)14-7-4-3-5-8-14/h3-5,7-8,15-16H,6,9-13,17H2,1-2H3. The second-order valence-electron chi connectivity index (χ2n) is 5.87. The van der Waals surface area contributed by atoms with Crippen LogP contribution in [-0.4, -0.2) is 49.6 Å². The molecular formula is C16H27N3. The molecule has 1 aromatic carbocycles. The summed E-state index contributed by atoms with van der Waals surface area (Å²) in [5.41, 5.74) is 7.52. The van der Waals surface area contributed by atoms with Gasteiger partial charge in [-0.05, 0) is 52.0 Å². The third kappa shape index (κ3) is 4.30. The zero-order chi connectivity index (χ0) is 13.7. The van der Waals surface area contributed by atoms with Gasteiger partial charge in [0.05, 0.1) is 0 Å². The summed E-state index contributed by atoms with van der Waals surface area (Å²) in [5.74, 6) is 0. The molecule has 1 heterocycles. The van der Waals surface area contributed by atoms with Crippen LogP contribution < -0.4 is 5.73 Å². The summed E-state index contributed by atoms with van der Waals surface area (Å²) < 4.78 is 0. The van der Waals surface area contributed by atoms with Gasteiger partial charge in [-0.2, -0.15) is 0 Å². The van der Waals surface area contributed by atoms with Gasteiger partial charge in [0.2, 0.25) is 0 Å². The number of nitrogens with two attached hydrogens (primary N) is 1. The van der Waals surface area contributed by atoms with Crippen molar-refractivity contribution in [2.24, 2.45) is 5.73 Å². The second kappa shape index (κ2) is 7.04. The smallest absolute Gasteiger partial charge is 0.0307 e. The van der Waals surface area contributed by atoms with E-state index in [4.69, 9.17) is 5.73 Å². The van der Waals surface area contributed by atoms with E-state index >= 15 is 0 Å². The lowest BCUT2D eigenvalue weighted by Gasteiger charge is -2.36.